The number of amides is 1. The van der Waals surface area contributed by atoms with E-state index in [0.29, 0.717) is 12.1 Å². The van der Waals surface area contributed by atoms with Crippen molar-refractivity contribution in [1.82, 2.24) is 10.2 Å². The molecule has 1 amide bonds. The smallest absolute Gasteiger partial charge is 0.251 e. The Labute approximate surface area is 148 Å². The highest BCUT2D eigenvalue weighted by Gasteiger charge is 2.21. The minimum Gasteiger partial charge on any atom is -0.468 e. The van der Waals surface area contributed by atoms with Gasteiger partial charge in [-0.05, 0) is 43.4 Å². The maximum Gasteiger partial charge on any atom is 0.251 e. The van der Waals surface area contributed by atoms with Crippen molar-refractivity contribution in [3.8, 4) is 0 Å². The van der Waals surface area contributed by atoms with Crippen molar-refractivity contribution < 1.29 is 17.6 Å². The molecular formula is C18H24N2O4S. The molecule has 1 aromatic heterocycles. The lowest BCUT2D eigenvalue weighted by molar-refractivity contribution is 0.0929. The minimum absolute atomic E-state index is 0.0768. The number of carbonyl (C=O) groups is 1. The van der Waals surface area contributed by atoms with Gasteiger partial charge in [-0.2, -0.15) is 0 Å². The van der Waals surface area contributed by atoms with Gasteiger partial charge < -0.3 is 9.73 Å². The van der Waals surface area contributed by atoms with Crippen LogP contribution < -0.4 is 5.32 Å². The van der Waals surface area contributed by atoms with Gasteiger partial charge in [-0.15, -0.1) is 0 Å². The summed E-state index contributed by atoms with van der Waals surface area (Å²) >= 11 is 0. The first kappa shape index (κ1) is 19.2. The van der Waals surface area contributed by atoms with Crippen molar-refractivity contribution >= 4 is 15.7 Å². The van der Waals surface area contributed by atoms with Crippen LogP contribution in [0.4, 0.5) is 0 Å². The fourth-order valence-electron chi connectivity index (χ4n) is 2.71. The van der Waals surface area contributed by atoms with Crippen molar-refractivity contribution in [3.63, 3.8) is 0 Å². The molecule has 0 radical (unpaired) electrons. The molecule has 0 bridgehead atoms. The largest absolute Gasteiger partial charge is 0.468 e. The molecule has 7 heteroatoms. The van der Waals surface area contributed by atoms with E-state index in [1.165, 1.54) is 12.1 Å². The van der Waals surface area contributed by atoms with Crippen LogP contribution in [0.5, 0.6) is 0 Å². The lowest BCUT2D eigenvalue weighted by Gasteiger charge is -2.28. The average Bonchev–Trinajstić information content (AvgIpc) is 3.12. The molecule has 0 aliphatic carbocycles. The van der Waals surface area contributed by atoms with Gasteiger partial charge in [-0.25, -0.2) is 8.42 Å². The topological polar surface area (TPSA) is 79.6 Å². The number of hydrogen-bond acceptors (Lipinski definition) is 5. The Morgan fingerprint density at radius 1 is 1.20 bits per heavy atom. The molecule has 136 valence electrons. The number of furan rings is 1. The number of benzene rings is 1. The standard InChI is InChI=1S/C18H24N2O4S/c1-4-20(5-2)16(17-10-7-11-24-17)13-19-18(21)14-8-6-9-15(12-14)25(3,22)23/h6-12,16H,4-5,13H2,1-3H3,(H,19,21). The summed E-state index contributed by atoms with van der Waals surface area (Å²) in [5.41, 5.74) is 0.320. The van der Waals surface area contributed by atoms with Crippen molar-refractivity contribution in [2.75, 3.05) is 25.9 Å². The second-order valence-electron chi connectivity index (χ2n) is 5.76. The van der Waals surface area contributed by atoms with Gasteiger partial charge >= 0.3 is 0 Å². The van der Waals surface area contributed by atoms with Crippen LogP contribution >= 0.6 is 0 Å². The number of rotatable bonds is 8. The summed E-state index contributed by atoms with van der Waals surface area (Å²) in [6.07, 6.45) is 2.74. The van der Waals surface area contributed by atoms with Gasteiger partial charge in [0.15, 0.2) is 9.84 Å². The van der Waals surface area contributed by atoms with Gasteiger partial charge in [-0.3, -0.25) is 9.69 Å². The number of nitrogens with one attached hydrogen (secondary N) is 1. The van der Waals surface area contributed by atoms with Crippen LogP contribution in [-0.4, -0.2) is 45.1 Å². The van der Waals surface area contributed by atoms with Crippen LogP contribution in [0.1, 0.15) is 36.0 Å². The molecule has 1 unspecified atom stereocenters. The van der Waals surface area contributed by atoms with Crippen LogP contribution in [0.25, 0.3) is 0 Å². The molecule has 2 aromatic rings. The van der Waals surface area contributed by atoms with Gasteiger partial charge in [0.25, 0.3) is 5.91 Å². The zero-order valence-corrected chi connectivity index (χ0v) is 15.5. The SMILES string of the molecule is CCN(CC)C(CNC(=O)c1cccc(S(C)(=O)=O)c1)c1ccco1. The third-order valence-corrected chi connectivity index (χ3v) is 5.22. The molecule has 25 heavy (non-hydrogen) atoms. The summed E-state index contributed by atoms with van der Waals surface area (Å²) < 4.78 is 28.8. The Hall–Kier alpha value is -2.12. The molecule has 0 spiro atoms. The number of nitrogens with zero attached hydrogens (tertiary/aromatic N) is 1. The van der Waals surface area contributed by atoms with Crippen LogP contribution in [0.3, 0.4) is 0 Å². The third-order valence-electron chi connectivity index (χ3n) is 4.11. The van der Waals surface area contributed by atoms with Crippen molar-refractivity contribution in [2.45, 2.75) is 24.8 Å². The number of carbonyl (C=O) groups excluding carboxylic acids is 1. The van der Waals surface area contributed by atoms with Crippen molar-refractivity contribution in [2.24, 2.45) is 0 Å². The molecule has 1 atom stereocenters. The normalized spacial score (nSPS) is 13.0. The fraction of sp³-hybridized carbons (Fsp3) is 0.389. The predicted molar refractivity (Wildman–Crippen MR) is 96.3 cm³/mol. The molecule has 0 saturated heterocycles. The molecular weight excluding hydrogens is 340 g/mol. The van der Waals surface area contributed by atoms with E-state index < -0.39 is 9.84 Å². The lowest BCUT2D eigenvalue weighted by Crippen LogP contribution is -2.38. The first-order chi connectivity index (χ1) is 11.9. The first-order valence-corrected chi connectivity index (χ1v) is 10.1. The predicted octanol–water partition coefficient (Wildman–Crippen LogP) is 2.50. The monoisotopic (exact) mass is 364 g/mol. The van der Waals surface area contributed by atoms with Crippen molar-refractivity contribution in [1.29, 1.82) is 0 Å². The van der Waals surface area contributed by atoms with Gasteiger partial charge in [0.05, 0.1) is 17.2 Å². The van der Waals surface area contributed by atoms with Gasteiger partial charge in [0, 0.05) is 18.4 Å². The highest BCUT2D eigenvalue weighted by Crippen LogP contribution is 2.20. The third kappa shape index (κ3) is 4.93. The van der Waals surface area contributed by atoms with Gasteiger partial charge in [0.1, 0.15) is 5.76 Å². The van der Waals surface area contributed by atoms with Gasteiger partial charge in [-0.1, -0.05) is 19.9 Å². The van der Waals surface area contributed by atoms with E-state index in [1.807, 2.05) is 12.1 Å². The molecule has 0 saturated carbocycles. The average molecular weight is 364 g/mol. The van der Waals surface area contributed by atoms with E-state index >= 15 is 0 Å². The van der Waals surface area contributed by atoms with E-state index in [-0.39, 0.29) is 16.8 Å². The summed E-state index contributed by atoms with van der Waals surface area (Å²) in [4.78, 5) is 14.8. The Bertz CT molecular complexity index is 796. The number of hydrogen-bond donors (Lipinski definition) is 1. The molecule has 6 nitrogen and oxygen atoms in total. The van der Waals surface area contributed by atoms with E-state index in [0.717, 1.165) is 25.1 Å². The first-order valence-electron chi connectivity index (χ1n) is 8.22. The van der Waals surface area contributed by atoms with Crippen LogP contribution in [0.15, 0.2) is 52.0 Å². The Balaban J connectivity index is 2.14. The molecule has 1 heterocycles. The molecule has 0 aliphatic rings. The molecule has 1 N–H and O–H groups in total. The number of sulfone groups is 1. The van der Waals surface area contributed by atoms with E-state index in [1.54, 1.807) is 18.4 Å². The molecule has 2 rings (SSSR count). The van der Waals surface area contributed by atoms with Crippen LogP contribution in [0, 0.1) is 0 Å². The zero-order valence-electron chi connectivity index (χ0n) is 14.7. The van der Waals surface area contributed by atoms with E-state index in [9.17, 15) is 13.2 Å². The Morgan fingerprint density at radius 3 is 2.48 bits per heavy atom. The summed E-state index contributed by atoms with van der Waals surface area (Å²) in [5, 5.41) is 2.88. The summed E-state index contributed by atoms with van der Waals surface area (Å²) in [6, 6.07) is 9.68. The second-order valence-corrected chi connectivity index (χ2v) is 7.78. The summed E-state index contributed by atoms with van der Waals surface area (Å²) in [6.45, 7) is 6.12. The van der Waals surface area contributed by atoms with E-state index in [2.05, 4.69) is 24.1 Å². The van der Waals surface area contributed by atoms with Crippen molar-refractivity contribution in [3.05, 3.63) is 54.0 Å². The fourth-order valence-corrected chi connectivity index (χ4v) is 3.38. The quantitative estimate of drug-likeness (QED) is 0.778. The Kier molecular flexibility index (Phi) is 6.39. The molecule has 0 aliphatic heterocycles. The molecule has 1 aromatic carbocycles. The summed E-state index contributed by atoms with van der Waals surface area (Å²) in [5.74, 6) is 0.475. The van der Waals surface area contributed by atoms with Crippen LogP contribution in [-0.2, 0) is 9.84 Å². The maximum absolute atomic E-state index is 12.4. The second kappa shape index (κ2) is 8.31. The van der Waals surface area contributed by atoms with Gasteiger partial charge in [0.2, 0.25) is 0 Å². The minimum atomic E-state index is -3.35. The van der Waals surface area contributed by atoms with E-state index in [4.69, 9.17) is 4.42 Å². The maximum atomic E-state index is 12.4. The highest BCUT2D eigenvalue weighted by atomic mass is 32.2. The number of likely N-dealkylation sites (N-methyl/N-ethyl adjacent to an activating group) is 1. The Morgan fingerprint density at radius 2 is 1.92 bits per heavy atom. The summed E-state index contributed by atoms with van der Waals surface area (Å²) in [7, 11) is -3.35. The van der Waals surface area contributed by atoms with Crippen LogP contribution in [0.2, 0.25) is 0 Å². The zero-order chi connectivity index (χ0) is 18.4. The highest BCUT2D eigenvalue weighted by molar-refractivity contribution is 7.90. The lowest BCUT2D eigenvalue weighted by atomic mass is 10.1. The molecule has 0 fully saturated rings.